The molecule has 1 aromatic carbocycles. The molecule has 0 fully saturated rings. The van der Waals surface area contributed by atoms with Gasteiger partial charge in [-0.3, -0.25) is 9.59 Å². The third-order valence-corrected chi connectivity index (χ3v) is 4.20. The number of hydrogen-bond acceptors (Lipinski definition) is 6. The van der Waals surface area contributed by atoms with E-state index in [0.29, 0.717) is 13.2 Å². The summed E-state index contributed by atoms with van der Waals surface area (Å²) < 4.78 is 43.1. The van der Waals surface area contributed by atoms with Gasteiger partial charge in [0.1, 0.15) is 5.69 Å². The van der Waals surface area contributed by atoms with E-state index in [9.17, 15) is 22.8 Å². The molecule has 11 heteroatoms. The van der Waals surface area contributed by atoms with Gasteiger partial charge in [-0.2, -0.15) is 13.2 Å². The molecule has 0 unspecified atom stereocenters. The summed E-state index contributed by atoms with van der Waals surface area (Å²) in [4.78, 5) is 27.6. The molecule has 0 saturated carbocycles. The maximum atomic E-state index is 12.8. The zero-order valence-electron chi connectivity index (χ0n) is 14.9. The monoisotopic (exact) mass is 416 g/mol. The number of amides is 2. The zero-order valence-corrected chi connectivity index (χ0v) is 15.7. The quantitative estimate of drug-likeness (QED) is 0.547. The molecule has 0 bridgehead atoms. The van der Waals surface area contributed by atoms with Gasteiger partial charge in [0, 0.05) is 37.7 Å². The van der Waals surface area contributed by atoms with Crippen LogP contribution in [0.25, 0.3) is 0 Å². The topological polar surface area (TPSA) is 92.4 Å². The number of carbonyl (C=O) groups is 2. The molecule has 7 nitrogen and oxygen atoms in total. The number of ether oxygens (including phenoxy) is 1. The molecule has 0 aliphatic heterocycles. The van der Waals surface area contributed by atoms with Crippen LogP contribution in [0.4, 0.5) is 24.0 Å². The molecular formula is C17H19F3N4O3S. The van der Waals surface area contributed by atoms with Crippen molar-refractivity contribution in [1.29, 1.82) is 0 Å². The molecule has 152 valence electrons. The summed E-state index contributed by atoms with van der Waals surface area (Å²) in [5.74, 6) is -0.694. The third-order valence-electron chi connectivity index (χ3n) is 3.44. The summed E-state index contributed by atoms with van der Waals surface area (Å²) >= 11 is 1.08. The number of methoxy groups -OCH3 is 1. The smallest absolute Gasteiger partial charge is 0.383 e. The van der Waals surface area contributed by atoms with Gasteiger partial charge >= 0.3 is 6.18 Å². The molecule has 1 aromatic heterocycles. The number of anilines is 2. The molecule has 0 atom stereocenters. The highest BCUT2D eigenvalue weighted by Crippen LogP contribution is 2.31. The molecule has 0 radical (unpaired) electrons. The van der Waals surface area contributed by atoms with Crippen LogP contribution in [0, 0.1) is 0 Å². The maximum Gasteiger partial charge on any atom is 0.416 e. The van der Waals surface area contributed by atoms with Crippen molar-refractivity contribution in [3.8, 4) is 0 Å². The van der Waals surface area contributed by atoms with Crippen molar-refractivity contribution in [1.82, 2.24) is 15.6 Å². The summed E-state index contributed by atoms with van der Waals surface area (Å²) in [6.45, 7) is 0.921. The molecule has 2 amide bonds. The van der Waals surface area contributed by atoms with E-state index in [4.69, 9.17) is 4.74 Å². The van der Waals surface area contributed by atoms with Crippen LogP contribution in [0.2, 0.25) is 0 Å². The molecule has 2 aromatic rings. The fourth-order valence-electron chi connectivity index (χ4n) is 2.09. The summed E-state index contributed by atoms with van der Waals surface area (Å²) in [6.07, 6.45) is -4.34. The van der Waals surface area contributed by atoms with Gasteiger partial charge in [-0.25, -0.2) is 4.98 Å². The lowest BCUT2D eigenvalue weighted by Crippen LogP contribution is -2.32. The minimum Gasteiger partial charge on any atom is -0.383 e. The van der Waals surface area contributed by atoms with Crippen LogP contribution >= 0.6 is 11.3 Å². The first kappa shape index (κ1) is 21.6. The lowest BCUT2D eigenvalue weighted by atomic mass is 10.2. The second-order valence-electron chi connectivity index (χ2n) is 5.59. The standard InChI is InChI=1S/C17H19F3N4O3S/c1-27-8-7-21-14(25)5-6-22-15(26)13-10-28-16(24-13)23-12-4-2-3-11(9-12)17(18,19)20/h2-4,9-10H,5-8H2,1H3,(H,21,25)(H,22,26)(H,23,24). The van der Waals surface area contributed by atoms with E-state index >= 15 is 0 Å². The Morgan fingerprint density at radius 1 is 1.21 bits per heavy atom. The van der Waals surface area contributed by atoms with Crippen LogP contribution in [0.5, 0.6) is 0 Å². The van der Waals surface area contributed by atoms with Gasteiger partial charge in [0.25, 0.3) is 5.91 Å². The van der Waals surface area contributed by atoms with Crippen LogP contribution in [0.1, 0.15) is 22.5 Å². The number of thiazole rings is 1. The van der Waals surface area contributed by atoms with Crippen LogP contribution in [-0.2, 0) is 15.7 Å². The highest BCUT2D eigenvalue weighted by Gasteiger charge is 2.30. The second kappa shape index (κ2) is 10.0. The molecule has 1 heterocycles. The lowest BCUT2D eigenvalue weighted by molar-refractivity contribution is -0.137. The van der Waals surface area contributed by atoms with Gasteiger partial charge in [-0.15, -0.1) is 11.3 Å². The highest BCUT2D eigenvalue weighted by atomic mass is 32.1. The van der Waals surface area contributed by atoms with Gasteiger partial charge in [-0.05, 0) is 18.2 Å². The van der Waals surface area contributed by atoms with Crippen molar-refractivity contribution in [3.05, 3.63) is 40.9 Å². The van der Waals surface area contributed by atoms with Gasteiger partial charge in [0.05, 0.1) is 12.2 Å². The number of alkyl halides is 3. The van der Waals surface area contributed by atoms with Crippen LogP contribution in [0.15, 0.2) is 29.6 Å². The number of nitrogens with one attached hydrogen (secondary N) is 3. The molecule has 0 saturated heterocycles. The van der Waals surface area contributed by atoms with Crippen LogP contribution < -0.4 is 16.0 Å². The van der Waals surface area contributed by atoms with Crippen molar-refractivity contribution < 1.29 is 27.5 Å². The van der Waals surface area contributed by atoms with Gasteiger partial charge in [0.15, 0.2) is 5.13 Å². The number of hydrogen-bond donors (Lipinski definition) is 3. The number of aromatic nitrogens is 1. The van der Waals surface area contributed by atoms with Gasteiger partial charge < -0.3 is 20.7 Å². The Bertz CT molecular complexity index is 811. The Labute approximate surface area is 163 Å². The molecule has 0 aliphatic rings. The van der Waals surface area contributed by atoms with Gasteiger partial charge in [0.2, 0.25) is 5.91 Å². The highest BCUT2D eigenvalue weighted by molar-refractivity contribution is 7.14. The minimum atomic E-state index is -4.44. The first-order valence-electron chi connectivity index (χ1n) is 8.23. The van der Waals surface area contributed by atoms with Crippen molar-refractivity contribution in [2.75, 3.05) is 32.1 Å². The maximum absolute atomic E-state index is 12.8. The summed E-state index contributed by atoms with van der Waals surface area (Å²) in [6, 6.07) is 4.68. The number of carbonyl (C=O) groups excluding carboxylic acids is 2. The molecule has 0 spiro atoms. The van der Waals surface area contributed by atoms with Crippen LogP contribution in [0.3, 0.4) is 0 Å². The van der Waals surface area contributed by atoms with E-state index in [-0.39, 0.29) is 35.4 Å². The van der Waals surface area contributed by atoms with Crippen molar-refractivity contribution in [2.45, 2.75) is 12.6 Å². The average Bonchev–Trinajstić information content (AvgIpc) is 3.10. The Morgan fingerprint density at radius 3 is 2.71 bits per heavy atom. The molecular weight excluding hydrogens is 397 g/mol. The molecule has 3 N–H and O–H groups in total. The van der Waals surface area contributed by atoms with E-state index < -0.39 is 17.6 Å². The average molecular weight is 416 g/mol. The van der Waals surface area contributed by atoms with Crippen molar-refractivity contribution in [3.63, 3.8) is 0 Å². The number of rotatable bonds is 9. The van der Waals surface area contributed by atoms with E-state index in [2.05, 4.69) is 20.9 Å². The van der Waals surface area contributed by atoms with Crippen molar-refractivity contribution in [2.24, 2.45) is 0 Å². The summed E-state index contributed by atoms with van der Waals surface area (Å²) in [5.41, 5.74) is -0.459. The van der Waals surface area contributed by atoms with E-state index in [1.807, 2.05) is 0 Å². The molecule has 28 heavy (non-hydrogen) atoms. The minimum absolute atomic E-state index is 0.106. The number of nitrogens with zero attached hydrogens (tertiary/aromatic N) is 1. The Morgan fingerprint density at radius 2 is 2.00 bits per heavy atom. The SMILES string of the molecule is COCCNC(=O)CCNC(=O)c1csc(Nc2cccc(C(F)(F)F)c2)n1. The summed E-state index contributed by atoms with van der Waals surface area (Å²) in [5, 5.41) is 9.69. The van der Waals surface area contributed by atoms with Crippen LogP contribution in [-0.4, -0.2) is 43.6 Å². The number of benzene rings is 1. The lowest BCUT2D eigenvalue weighted by Gasteiger charge is -2.09. The van der Waals surface area contributed by atoms with Crippen molar-refractivity contribution >= 4 is 34.0 Å². The predicted molar refractivity (Wildman–Crippen MR) is 98.7 cm³/mol. The Kier molecular flexibility index (Phi) is 7.76. The second-order valence-corrected chi connectivity index (χ2v) is 6.45. The number of halogens is 3. The normalized spacial score (nSPS) is 11.1. The first-order valence-corrected chi connectivity index (χ1v) is 9.11. The first-order chi connectivity index (χ1) is 13.3. The Balaban J connectivity index is 1.85. The molecule has 2 rings (SSSR count). The van der Waals surface area contributed by atoms with E-state index in [0.717, 1.165) is 23.5 Å². The predicted octanol–water partition coefficient (Wildman–Crippen LogP) is 2.79. The zero-order chi connectivity index (χ0) is 20.6. The van der Waals surface area contributed by atoms with Gasteiger partial charge in [-0.1, -0.05) is 6.07 Å². The third kappa shape index (κ3) is 6.82. The van der Waals surface area contributed by atoms with E-state index in [1.54, 1.807) is 0 Å². The fraction of sp³-hybridized carbons (Fsp3) is 0.353. The summed E-state index contributed by atoms with van der Waals surface area (Å²) in [7, 11) is 1.52. The Hall–Kier alpha value is -2.66. The fourth-order valence-corrected chi connectivity index (χ4v) is 2.80. The van der Waals surface area contributed by atoms with E-state index in [1.165, 1.54) is 24.6 Å². The largest absolute Gasteiger partial charge is 0.416 e. The molecule has 0 aliphatic carbocycles.